The molecule has 0 radical (unpaired) electrons. The Bertz CT molecular complexity index is 527. The summed E-state index contributed by atoms with van der Waals surface area (Å²) in [7, 11) is -3.59. The van der Waals surface area contributed by atoms with Crippen LogP contribution >= 0.6 is 0 Å². The highest BCUT2D eigenvalue weighted by atomic mass is 32.2. The van der Waals surface area contributed by atoms with Crippen LogP contribution in [0.1, 0.15) is 34.6 Å². The fraction of sp³-hybridized carbons (Fsp3) is 0.643. The number of sulfonamides is 1. The van der Waals surface area contributed by atoms with Crippen molar-refractivity contribution < 1.29 is 8.42 Å². The lowest BCUT2D eigenvalue weighted by Gasteiger charge is -2.27. The number of hydrogen-bond acceptors (Lipinski definition) is 4. The van der Waals surface area contributed by atoms with Gasteiger partial charge in [0.2, 0.25) is 0 Å². The lowest BCUT2D eigenvalue weighted by atomic mass is 10.2. The largest absolute Gasteiger partial charge is 0.383 e. The maximum atomic E-state index is 12.8. The topological polar surface area (TPSA) is 62.3 Å². The average molecular weight is 299 g/mol. The molecule has 1 heterocycles. The van der Waals surface area contributed by atoms with Crippen molar-refractivity contribution in [1.82, 2.24) is 9.29 Å². The summed E-state index contributed by atoms with van der Waals surface area (Å²) in [5.74, 6) is 0.262. The Morgan fingerprint density at radius 3 is 2.45 bits per heavy atom. The normalized spacial score (nSPS) is 12.4. The second-order valence-corrected chi connectivity index (χ2v) is 7.25. The maximum absolute atomic E-state index is 12.8. The molecular weight excluding hydrogens is 274 g/mol. The van der Waals surface area contributed by atoms with Gasteiger partial charge in [-0.05, 0) is 38.8 Å². The van der Waals surface area contributed by atoms with Crippen LogP contribution in [0.4, 0.5) is 5.69 Å². The highest BCUT2D eigenvalue weighted by Crippen LogP contribution is 2.24. The second kappa shape index (κ2) is 7.04. The SMILES string of the molecule is CCNc1cccnc1S(=O)(=O)N(CC(C)C)C(C)C. The summed E-state index contributed by atoms with van der Waals surface area (Å²) in [6.07, 6.45) is 1.52. The van der Waals surface area contributed by atoms with E-state index in [1.807, 2.05) is 34.6 Å². The molecule has 1 aromatic rings. The van der Waals surface area contributed by atoms with Gasteiger partial charge < -0.3 is 5.32 Å². The van der Waals surface area contributed by atoms with E-state index in [9.17, 15) is 8.42 Å². The smallest absolute Gasteiger partial charge is 0.262 e. The van der Waals surface area contributed by atoms with Crippen molar-refractivity contribution in [2.45, 2.75) is 45.7 Å². The fourth-order valence-corrected chi connectivity index (χ4v) is 3.86. The van der Waals surface area contributed by atoms with Crippen molar-refractivity contribution in [1.29, 1.82) is 0 Å². The number of anilines is 1. The molecule has 1 N–H and O–H groups in total. The number of pyridine rings is 1. The molecule has 114 valence electrons. The van der Waals surface area contributed by atoms with Gasteiger partial charge in [0.05, 0.1) is 5.69 Å². The first-order valence-electron chi connectivity index (χ1n) is 7.01. The third kappa shape index (κ3) is 3.93. The van der Waals surface area contributed by atoms with Gasteiger partial charge in [-0.15, -0.1) is 0 Å². The monoisotopic (exact) mass is 299 g/mol. The summed E-state index contributed by atoms with van der Waals surface area (Å²) >= 11 is 0. The first kappa shape index (κ1) is 16.9. The zero-order valence-corrected chi connectivity index (χ0v) is 13.7. The lowest BCUT2D eigenvalue weighted by Crippen LogP contribution is -2.40. The first-order valence-corrected chi connectivity index (χ1v) is 8.45. The van der Waals surface area contributed by atoms with Crippen LogP contribution in [0.5, 0.6) is 0 Å². The van der Waals surface area contributed by atoms with Crippen LogP contribution in [-0.2, 0) is 10.0 Å². The van der Waals surface area contributed by atoms with E-state index in [1.54, 1.807) is 12.1 Å². The Morgan fingerprint density at radius 2 is 1.95 bits per heavy atom. The first-order chi connectivity index (χ1) is 9.30. The van der Waals surface area contributed by atoms with Gasteiger partial charge in [-0.25, -0.2) is 13.4 Å². The highest BCUT2D eigenvalue weighted by molar-refractivity contribution is 7.89. The third-order valence-electron chi connectivity index (χ3n) is 2.81. The molecule has 0 spiro atoms. The van der Waals surface area contributed by atoms with Crippen LogP contribution in [0, 0.1) is 5.92 Å². The molecule has 0 aromatic carbocycles. The molecule has 1 aromatic heterocycles. The number of rotatable bonds is 7. The van der Waals surface area contributed by atoms with Crippen LogP contribution in [0.2, 0.25) is 0 Å². The molecule has 0 amide bonds. The van der Waals surface area contributed by atoms with E-state index in [2.05, 4.69) is 10.3 Å². The molecule has 20 heavy (non-hydrogen) atoms. The van der Waals surface area contributed by atoms with Crippen molar-refractivity contribution in [3.63, 3.8) is 0 Å². The van der Waals surface area contributed by atoms with Gasteiger partial charge in [0.25, 0.3) is 10.0 Å². The van der Waals surface area contributed by atoms with Gasteiger partial charge in [0.15, 0.2) is 5.03 Å². The maximum Gasteiger partial charge on any atom is 0.262 e. The summed E-state index contributed by atoms with van der Waals surface area (Å²) in [4.78, 5) is 4.09. The third-order valence-corrected chi connectivity index (χ3v) is 4.81. The number of nitrogens with one attached hydrogen (secondary N) is 1. The van der Waals surface area contributed by atoms with E-state index in [0.29, 0.717) is 18.8 Å². The van der Waals surface area contributed by atoms with Gasteiger partial charge in [-0.2, -0.15) is 4.31 Å². The molecule has 0 aliphatic carbocycles. The molecule has 5 nitrogen and oxygen atoms in total. The Morgan fingerprint density at radius 1 is 1.30 bits per heavy atom. The van der Waals surface area contributed by atoms with Crippen LogP contribution < -0.4 is 5.32 Å². The Kier molecular flexibility index (Phi) is 5.95. The molecule has 1 rings (SSSR count). The average Bonchev–Trinajstić information content (AvgIpc) is 2.36. The van der Waals surface area contributed by atoms with E-state index in [4.69, 9.17) is 0 Å². The molecule has 0 unspecified atom stereocenters. The number of hydrogen-bond donors (Lipinski definition) is 1. The van der Waals surface area contributed by atoms with Crippen molar-refractivity contribution >= 4 is 15.7 Å². The zero-order valence-electron chi connectivity index (χ0n) is 12.9. The molecule has 0 aliphatic heterocycles. The predicted molar refractivity (Wildman–Crippen MR) is 82.3 cm³/mol. The quantitative estimate of drug-likeness (QED) is 0.840. The minimum absolute atomic E-state index is 0.0983. The van der Waals surface area contributed by atoms with Crippen LogP contribution in [0.25, 0.3) is 0 Å². The van der Waals surface area contributed by atoms with E-state index in [-0.39, 0.29) is 17.0 Å². The Balaban J connectivity index is 3.26. The Labute approximate surface area is 122 Å². The molecule has 0 fully saturated rings. The minimum Gasteiger partial charge on any atom is -0.383 e. The standard InChI is InChI=1S/C14H25N3O2S/c1-6-15-13-8-7-9-16-14(13)20(18,19)17(12(4)5)10-11(2)3/h7-9,11-12,15H,6,10H2,1-5H3. The molecule has 0 aliphatic rings. The van der Waals surface area contributed by atoms with Gasteiger partial charge in [0, 0.05) is 25.3 Å². The molecule has 0 saturated carbocycles. The van der Waals surface area contributed by atoms with E-state index in [0.717, 1.165) is 0 Å². The molecule has 0 atom stereocenters. The van der Waals surface area contributed by atoms with Gasteiger partial charge in [-0.3, -0.25) is 0 Å². The minimum atomic E-state index is -3.59. The summed E-state index contributed by atoms with van der Waals surface area (Å²) in [6, 6.07) is 3.38. The van der Waals surface area contributed by atoms with Gasteiger partial charge in [0.1, 0.15) is 0 Å². The van der Waals surface area contributed by atoms with Crippen LogP contribution in [0.15, 0.2) is 23.4 Å². The van der Waals surface area contributed by atoms with E-state index in [1.165, 1.54) is 10.5 Å². The summed E-state index contributed by atoms with van der Waals surface area (Å²) in [6.45, 7) is 10.9. The predicted octanol–water partition coefficient (Wildman–Crippen LogP) is 2.57. The molecule has 0 saturated heterocycles. The van der Waals surface area contributed by atoms with Crippen LogP contribution in [0.3, 0.4) is 0 Å². The number of aromatic nitrogens is 1. The number of nitrogens with zero attached hydrogens (tertiary/aromatic N) is 2. The van der Waals surface area contributed by atoms with Gasteiger partial charge >= 0.3 is 0 Å². The summed E-state index contributed by atoms with van der Waals surface area (Å²) in [5.41, 5.74) is 0.560. The molecule has 0 bridgehead atoms. The molecule has 6 heteroatoms. The summed E-state index contributed by atoms with van der Waals surface area (Å²) in [5, 5.41) is 3.17. The summed E-state index contributed by atoms with van der Waals surface area (Å²) < 4.78 is 27.2. The fourth-order valence-electron chi connectivity index (χ4n) is 1.98. The second-order valence-electron chi connectivity index (χ2n) is 5.45. The van der Waals surface area contributed by atoms with Gasteiger partial charge in [-0.1, -0.05) is 13.8 Å². The van der Waals surface area contributed by atoms with Crippen LogP contribution in [-0.4, -0.2) is 36.8 Å². The lowest BCUT2D eigenvalue weighted by molar-refractivity contribution is 0.318. The zero-order chi connectivity index (χ0) is 15.3. The highest BCUT2D eigenvalue weighted by Gasteiger charge is 2.30. The van der Waals surface area contributed by atoms with Crippen molar-refractivity contribution in [2.75, 3.05) is 18.4 Å². The molecular formula is C14H25N3O2S. The van der Waals surface area contributed by atoms with Crippen molar-refractivity contribution in [2.24, 2.45) is 5.92 Å². The van der Waals surface area contributed by atoms with E-state index >= 15 is 0 Å². The van der Waals surface area contributed by atoms with E-state index < -0.39 is 10.0 Å². The van der Waals surface area contributed by atoms with Crippen molar-refractivity contribution in [3.05, 3.63) is 18.3 Å². The Hall–Kier alpha value is -1.14. The van der Waals surface area contributed by atoms with Crippen molar-refractivity contribution in [3.8, 4) is 0 Å².